The molecular weight excluding hydrogens is 286 g/mol. The second-order valence-corrected chi connectivity index (χ2v) is 7.28. The summed E-state index contributed by atoms with van der Waals surface area (Å²) in [5.41, 5.74) is 8.44. The zero-order valence-corrected chi connectivity index (χ0v) is 14.6. The second kappa shape index (κ2) is 8.46. The van der Waals surface area contributed by atoms with E-state index in [4.69, 9.17) is 5.73 Å². The molecule has 1 saturated carbocycles. The van der Waals surface area contributed by atoms with E-state index in [0.29, 0.717) is 19.5 Å². The molecule has 1 aromatic rings. The first-order valence-electron chi connectivity index (χ1n) is 8.72. The molecule has 0 unspecified atom stereocenters. The minimum atomic E-state index is 0.0368. The number of nitrogens with one attached hydrogen (secondary N) is 1. The largest absolute Gasteiger partial charge is 0.352 e. The van der Waals surface area contributed by atoms with Crippen LogP contribution in [0.4, 0.5) is 0 Å². The Morgan fingerprint density at radius 3 is 2.57 bits per heavy atom. The third-order valence-electron chi connectivity index (χ3n) is 4.86. The van der Waals surface area contributed by atoms with Crippen LogP contribution < -0.4 is 11.1 Å². The molecule has 1 aromatic carbocycles. The van der Waals surface area contributed by atoms with Gasteiger partial charge in [-0.1, -0.05) is 43.5 Å². The number of hydrogen-bond donors (Lipinski definition) is 2. The summed E-state index contributed by atoms with van der Waals surface area (Å²) < 4.78 is 0. The number of carbonyl (C=O) groups excluding carboxylic acids is 1. The van der Waals surface area contributed by atoms with Gasteiger partial charge in [-0.3, -0.25) is 4.79 Å². The summed E-state index contributed by atoms with van der Waals surface area (Å²) in [5.74, 6) is 0.135. The molecule has 0 saturated heterocycles. The minimum absolute atomic E-state index is 0.0368. The predicted octanol–water partition coefficient (Wildman–Crippen LogP) is 2.66. The van der Waals surface area contributed by atoms with Gasteiger partial charge in [0.2, 0.25) is 5.91 Å². The number of amides is 1. The molecule has 0 aliphatic heterocycles. The average Bonchev–Trinajstić information content (AvgIpc) is 2.53. The van der Waals surface area contributed by atoms with Crippen molar-refractivity contribution in [2.45, 2.75) is 51.6 Å². The fourth-order valence-electron chi connectivity index (χ4n) is 3.56. The molecule has 0 bridgehead atoms. The van der Waals surface area contributed by atoms with Crippen molar-refractivity contribution in [3.8, 4) is 0 Å². The second-order valence-electron chi connectivity index (χ2n) is 7.28. The molecule has 4 heteroatoms. The highest BCUT2D eigenvalue weighted by atomic mass is 16.1. The smallest absolute Gasteiger partial charge is 0.220 e. The molecule has 1 fully saturated rings. The number of carbonyl (C=O) groups is 1. The predicted molar refractivity (Wildman–Crippen MR) is 94.9 cm³/mol. The molecule has 0 heterocycles. The van der Waals surface area contributed by atoms with Gasteiger partial charge < -0.3 is 16.0 Å². The zero-order chi connectivity index (χ0) is 16.7. The number of hydrogen-bond acceptors (Lipinski definition) is 3. The van der Waals surface area contributed by atoms with Crippen molar-refractivity contribution in [3.05, 3.63) is 35.4 Å². The first-order chi connectivity index (χ1) is 11.0. The van der Waals surface area contributed by atoms with E-state index in [9.17, 15) is 4.79 Å². The fraction of sp³-hybridized carbons (Fsp3) is 0.632. The van der Waals surface area contributed by atoms with E-state index in [0.717, 1.165) is 24.9 Å². The van der Waals surface area contributed by atoms with Gasteiger partial charge in [-0.05, 0) is 50.0 Å². The van der Waals surface area contributed by atoms with E-state index in [1.807, 2.05) is 0 Å². The molecule has 1 amide bonds. The van der Waals surface area contributed by atoms with Crippen molar-refractivity contribution >= 4 is 5.91 Å². The van der Waals surface area contributed by atoms with Crippen LogP contribution in [0.5, 0.6) is 0 Å². The van der Waals surface area contributed by atoms with Gasteiger partial charge in [0.1, 0.15) is 0 Å². The van der Waals surface area contributed by atoms with Gasteiger partial charge in [0.25, 0.3) is 0 Å². The van der Waals surface area contributed by atoms with Crippen molar-refractivity contribution in [1.82, 2.24) is 10.2 Å². The van der Waals surface area contributed by atoms with Gasteiger partial charge in [0.15, 0.2) is 0 Å². The van der Waals surface area contributed by atoms with E-state index >= 15 is 0 Å². The monoisotopic (exact) mass is 317 g/mol. The summed E-state index contributed by atoms with van der Waals surface area (Å²) in [6.07, 6.45) is 6.45. The molecule has 3 N–H and O–H groups in total. The summed E-state index contributed by atoms with van der Waals surface area (Å²) in [6.45, 7) is 2.14. The van der Waals surface area contributed by atoms with Crippen molar-refractivity contribution in [3.63, 3.8) is 0 Å². The average molecular weight is 317 g/mol. The molecule has 0 spiro atoms. The van der Waals surface area contributed by atoms with Crippen LogP contribution in [0.15, 0.2) is 24.3 Å². The van der Waals surface area contributed by atoms with Gasteiger partial charge >= 0.3 is 0 Å². The van der Waals surface area contributed by atoms with Crippen LogP contribution in [0.1, 0.15) is 49.7 Å². The number of benzene rings is 1. The SMILES string of the molecule is CN(C)Cc1cccc(CNC(=O)CC2(CN)CCCCC2)c1. The van der Waals surface area contributed by atoms with Crippen molar-refractivity contribution in [2.24, 2.45) is 11.1 Å². The lowest BCUT2D eigenvalue weighted by molar-refractivity contribution is -0.124. The Hall–Kier alpha value is -1.39. The van der Waals surface area contributed by atoms with E-state index < -0.39 is 0 Å². The molecule has 4 nitrogen and oxygen atoms in total. The summed E-state index contributed by atoms with van der Waals surface area (Å²) in [5, 5.41) is 3.08. The van der Waals surface area contributed by atoms with E-state index in [-0.39, 0.29) is 11.3 Å². The van der Waals surface area contributed by atoms with Crippen LogP contribution >= 0.6 is 0 Å². The van der Waals surface area contributed by atoms with Crippen LogP contribution in [-0.4, -0.2) is 31.4 Å². The van der Waals surface area contributed by atoms with Gasteiger partial charge in [0, 0.05) is 19.5 Å². The van der Waals surface area contributed by atoms with Crippen LogP contribution in [0.25, 0.3) is 0 Å². The van der Waals surface area contributed by atoms with Crippen LogP contribution in [-0.2, 0) is 17.9 Å². The Balaban J connectivity index is 1.86. The van der Waals surface area contributed by atoms with E-state index in [1.165, 1.54) is 24.8 Å². The van der Waals surface area contributed by atoms with Crippen LogP contribution in [0, 0.1) is 5.41 Å². The fourth-order valence-corrected chi connectivity index (χ4v) is 3.56. The maximum Gasteiger partial charge on any atom is 0.220 e. The number of nitrogens with zero attached hydrogens (tertiary/aromatic N) is 1. The first-order valence-corrected chi connectivity index (χ1v) is 8.72. The van der Waals surface area contributed by atoms with Gasteiger partial charge in [-0.25, -0.2) is 0 Å². The highest BCUT2D eigenvalue weighted by Gasteiger charge is 2.32. The van der Waals surface area contributed by atoms with Gasteiger partial charge in [-0.2, -0.15) is 0 Å². The topological polar surface area (TPSA) is 58.4 Å². The third-order valence-corrected chi connectivity index (χ3v) is 4.86. The molecule has 1 aliphatic carbocycles. The van der Waals surface area contributed by atoms with Crippen LogP contribution in [0.2, 0.25) is 0 Å². The Kier molecular flexibility index (Phi) is 6.60. The molecule has 23 heavy (non-hydrogen) atoms. The Labute approximate surface area is 140 Å². The zero-order valence-electron chi connectivity index (χ0n) is 14.6. The van der Waals surface area contributed by atoms with Crippen molar-refractivity contribution < 1.29 is 4.79 Å². The van der Waals surface area contributed by atoms with Crippen LogP contribution in [0.3, 0.4) is 0 Å². The molecule has 0 aromatic heterocycles. The molecule has 1 aliphatic rings. The highest BCUT2D eigenvalue weighted by Crippen LogP contribution is 2.38. The minimum Gasteiger partial charge on any atom is -0.352 e. The molecule has 0 atom stereocenters. The number of nitrogens with two attached hydrogens (primary N) is 1. The molecule has 2 rings (SSSR count). The normalized spacial score (nSPS) is 17.2. The van der Waals surface area contributed by atoms with E-state index in [1.54, 1.807) is 0 Å². The lowest BCUT2D eigenvalue weighted by Gasteiger charge is -2.35. The lowest BCUT2D eigenvalue weighted by atomic mass is 9.71. The molecule has 128 valence electrons. The van der Waals surface area contributed by atoms with Crippen molar-refractivity contribution in [1.29, 1.82) is 0 Å². The number of rotatable bonds is 7. The van der Waals surface area contributed by atoms with Gasteiger partial charge in [0.05, 0.1) is 0 Å². The first kappa shape index (κ1) is 18.0. The Morgan fingerprint density at radius 1 is 1.22 bits per heavy atom. The molecule has 0 radical (unpaired) electrons. The summed E-state index contributed by atoms with van der Waals surface area (Å²) >= 11 is 0. The summed E-state index contributed by atoms with van der Waals surface area (Å²) in [6, 6.07) is 8.41. The summed E-state index contributed by atoms with van der Waals surface area (Å²) in [7, 11) is 4.12. The van der Waals surface area contributed by atoms with E-state index in [2.05, 4.69) is 48.6 Å². The standard InChI is InChI=1S/C19H31N3O/c1-22(2)14-17-8-6-7-16(11-17)13-21-18(23)12-19(15-20)9-4-3-5-10-19/h6-8,11H,3-5,9-10,12-15,20H2,1-2H3,(H,21,23). The van der Waals surface area contributed by atoms with Gasteiger partial charge in [-0.15, -0.1) is 0 Å². The quantitative estimate of drug-likeness (QED) is 0.813. The van der Waals surface area contributed by atoms with Crippen molar-refractivity contribution in [2.75, 3.05) is 20.6 Å². The summed E-state index contributed by atoms with van der Waals surface area (Å²) in [4.78, 5) is 14.5. The molecular formula is C19H31N3O. The third kappa shape index (κ3) is 5.63. The lowest BCUT2D eigenvalue weighted by Crippen LogP contribution is -2.38. The maximum absolute atomic E-state index is 12.3. The Morgan fingerprint density at radius 2 is 1.91 bits per heavy atom. The Bertz CT molecular complexity index is 507. The maximum atomic E-state index is 12.3. The highest BCUT2D eigenvalue weighted by molar-refractivity contribution is 5.76.